The maximum absolute atomic E-state index is 12.4. The van der Waals surface area contributed by atoms with Crippen LogP contribution < -0.4 is 5.32 Å². The van der Waals surface area contributed by atoms with Gasteiger partial charge in [-0.05, 0) is 32.1 Å². The van der Waals surface area contributed by atoms with Crippen LogP contribution in [0.25, 0.3) is 0 Å². The number of piperazine rings is 1. The Morgan fingerprint density at radius 1 is 1.20 bits per heavy atom. The third-order valence-corrected chi connectivity index (χ3v) is 3.79. The average molecular weight is 284 g/mol. The van der Waals surface area contributed by atoms with E-state index >= 15 is 0 Å². The number of hydrogen-bond acceptors (Lipinski definition) is 3. The molecule has 1 heterocycles. The van der Waals surface area contributed by atoms with Gasteiger partial charge in [0.1, 0.15) is 12.1 Å². The molecule has 0 aromatic rings. The molecular formula is C15H28N2O3. The zero-order valence-electron chi connectivity index (χ0n) is 13.0. The first-order chi connectivity index (χ1) is 9.65. The molecule has 0 saturated carbocycles. The van der Waals surface area contributed by atoms with Gasteiger partial charge >= 0.3 is 0 Å². The molecule has 5 heteroatoms. The highest BCUT2D eigenvalue weighted by molar-refractivity contribution is 5.96. The second-order valence-corrected chi connectivity index (χ2v) is 5.36. The number of amides is 2. The summed E-state index contributed by atoms with van der Waals surface area (Å²) in [5.41, 5.74) is 0. The summed E-state index contributed by atoms with van der Waals surface area (Å²) in [6.07, 6.45) is 5.25. The number of rotatable bonds is 9. The van der Waals surface area contributed by atoms with Crippen molar-refractivity contribution in [3.8, 4) is 0 Å². The minimum absolute atomic E-state index is 0.00226. The second-order valence-electron chi connectivity index (χ2n) is 5.36. The van der Waals surface area contributed by atoms with Crippen LogP contribution in [0.2, 0.25) is 0 Å². The van der Waals surface area contributed by atoms with Crippen LogP contribution in [0.1, 0.15) is 52.4 Å². The van der Waals surface area contributed by atoms with Gasteiger partial charge in [-0.1, -0.05) is 20.3 Å². The zero-order valence-corrected chi connectivity index (χ0v) is 13.0. The summed E-state index contributed by atoms with van der Waals surface area (Å²) >= 11 is 0. The van der Waals surface area contributed by atoms with E-state index in [9.17, 15) is 9.59 Å². The van der Waals surface area contributed by atoms with Gasteiger partial charge in [0.05, 0.1) is 0 Å². The van der Waals surface area contributed by atoms with Crippen LogP contribution in [0.3, 0.4) is 0 Å². The van der Waals surface area contributed by atoms with E-state index in [1.165, 1.54) is 0 Å². The molecule has 0 spiro atoms. The van der Waals surface area contributed by atoms with Crippen molar-refractivity contribution < 1.29 is 14.3 Å². The first-order valence-corrected chi connectivity index (χ1v) is 7.75. The highest BCUT2D eigenvalue weighted by atomic mass is 16.5. The molecule has 0 radical (unpaired) electrons. The Hall–Kier alpha value is -1.10. The van der Waals surface area contributed by atoms with Crippen LogP contribution in [0.5, 0.6) is 0 Å². The van der Waals surface area contributed by atoms with E-state index < -0.39 is 0 Å². The predicted octanol–water partition coefficient (Wildman–Crippen LogP) is 1.71. The SMILES string of the molecule is CCCC1NC(=O)C(CC)N(CCCCCOC)C1=O. The molecule has 5 nitrogen and oxygen atoms in total. The van der Waals surface area contributed by atoms with Crippen molar-refractivity contribution >= 4 is 11.8 Å². The number of unbranched alkanes of at least 4 members (excludes halogenated alkanes) is 2. The van der Waals surface area contributed by atoms with Crippen LogP contribution in [-0.2, 0) is 14.3 Å². The third-order valence-electron chi connectivity index (χ3n) is 3.79. The quantitative estimate of drug-likeness (QED) is 0.656. The molecule has 1 rings (SSSR count). The van der Waals surface area contributed by atoms with Crippen molar-refractivity contribution in [2.24, 2.45) is 0 Å². The van der Waals surface area contributed by atoms with Crippen LogP contribution >= 0.6 is 0 Å². The number of nitrogens with zero attached hydrogens (tertiary/aromatic N) is 1. The van der Waals surface area contributed by atoms with Gasteiger partial charge in [-0.2, -0.15) is 0 Å². The lowest BCUT2D eigenvalue weighted by atomic mass is 10.0. The van der Waals surface area contributed by atoms with Crippen molar-refractivity contribution in [1.82, 2.24) is 10.2 Å². The lowest BCUT2D eigenvalue weighted by molar-refractivity contribution is -0.149. The third kappa shape index (κ3) is 4.47. The van der Waals surface area contributed by atoms with Gasteiger partial charge in [0.15, 0.2) is 0 Å². The van der Waals surface area contributed by atoms with Crippen molar-refractivity contribution in [3.63, 3.8) is 0 Å². The highest BCUT2D eigenvalue weighted by Crippen LogP contribution is 2.17. The van der Waals surface area contributed by atoms with Crippen molar-refractivity contribution in [2.75, 3.05) is 20.3 Å². The lowest BCUT2D eigenvalue weighted by Crippen LogP contribution is -2.63. The fraction of sp³-hybridized carbons (Fsp3) is 0.867. The molecule has 0 bridgehead atoms. The van der Waals surface area contributed by atoms with E-state index in [0.717, 1.165) is 38.7 Å². The first-order valence-electron chi connectivity index (χ1n) is 7.75. The number of methoxy groups -OCH3 is 1. The maximum atomic E-state index is 12.4. The highest BCUT2D eigenvalue weighted by Gasteiger charge is 2.38. The van der Waals surface area contributed by atoms with Gasteiger partial charge in [-0.3, -0.25) is 9.59 Å². The summed E-state index contributed by atoms with van der Waals surface area (Å²) in [7, 11) is 1.70. The Balaban J connectivity index is 2.56. The first kappa shape index (κ1) is 17.0. The van der Waals surface area contributed by atoms with E-state index in [0.29, 0.717) is 13.0 Å². The topological polar surface area (TPSA) is 58.6 Å². The molecule has 1 fully saturated rings. The van der Waals surface area contributed by atoms with Crippen LogP contribution in [0.15, 0.2) is 0 Å². The summed E-state index contributed by atoms with van der Waals surface area (Å²) in [5, 5.41) is 2.86. The molecule has 20 heavy (non-hydrogen) atoms. The van der Waals surface area contributed by atoms with Gasteiger partial charge in [-0.15, -0.1) is 0 Å². The minimum Gasteiger partial charge on any atom is -0.385 e. The largest absolute Gasteiger partial charge is 0.385 e. The molecule has 1 aliphatic rings. The molecule has 2 amide bonds. The summed E-state index contributed by atoms with van der Waals surface area (Å²) in [4.78, 5) is 26.3. The minimum atomic E-state index is -0.325. The molecular weight excluding hydrogens is 256 g/mol. The van der Waals surface area contributed by atoms with Crippen molar-refractivity contribution in [2.45, 2.75) is 64.5 Å². The van der Waals surface area contributed by atoms with E-state index in [1.807, 2.05) is 13.8 Å². The van der Waals surface area contributed by atoms with Gasteiger partial charge in [-0.25, -0.2) is 0 Å². The zero-order chi connectivity index (χ0) is 15.0. The Morgan fingerprint density at radius 3 is 2.55 bits per heavy atom. The predicted molar refractivity (Wildman–Crippen MR) is 78.4 cm³/mol. The summed E-state index contributed by atoms with van der Waals surface area (Å²) in [6, 6.07) is -0.618. The number of ether oxygens (including phenoxy) is 1. The van der Waals surface area contributed by atoms with E-state index in [-0.39, 0.29) is 23.9 Å². The van der Waals surface area contributed by atoms with Gasteiger partial charge < -0.3 is 15.0 Å². The van der Waals surface area contributed by atoms with Crippen LogP contribution in [-0.4, -0.2) is 49.1 Å². The van der Waals surface area contributed by atoms with E-state index in [2.05, 4.69) is 5.32 Å². The standard InChI is InChI=1S/C15H28N2O3/c1-4-9-12-15(19)17(10-7-6-8-11-20-3)13(5-2)14(18)16-12/h12-13H,4-11H2,1-3H3,(H,16,18). The molecule has 1 aliphatic heterocycles. The van der Waals surface area contributed by atoms with Crippen LogP contribution in [0.4, 0.5) is 0 Å². The van der Waals surface area contributed by atoms with E-state index in [4.69, 9.17) is 4.74 Å². The van der Waals surface area contributed by atoms with Crippen LogP contribution in [0, 0.1) is 0 Å². The fourth-order valence-electron chi connectivity index (χ4n) is 2.69. The Bertz CT molecular complexity index is 320. The summed E-state index contributed by atoms with van der Waals surface area (Å²) < 4.78 is 5.02. The van der Waals surface area contributed by atoms with Gasteiger partial charge in [0, 0.05) is 20.3 Å². The van der Waals surface area contributed by atoms with E-state index in [1.54, 1.807) is 12.0 Å². The molecule has 2 atom stereocenters. The second kappa shape index (κ2) is 8.95. The molecule has 0 aromatic heterocycles. The smallest absolute Gasteiger partial charge is 0.245 e. The summed E-state index contributed by atoms with van der Waals surface area (Å²) in [5.74, 6) is 0.0903. The number of carbonyl (C=O) groups excluding carboxylic acids is 2. The Morgan fingerprint density at radius 2 is 1.95 bits per heavy atom. The number of nitrogens with one attached hydrogen (secondary N) is 1. The maximum Gasteiger partial charge on any atom is 0.245 e. The van der Waals surface area contributed by atoms with Gasteiger partial charge in [0.25, 0.3) is 0 Å². The fourth-order valence-corrected chi connectivity index (χ4v) is 2.69. The Labute approximate surface area is 122 Å². The monoisotopic (exact) mass is 284 g/mol. The molecule has 2 unspecified atom stereocenters. The lowest BCUT2D eigenvalue weighted by Gasteiger charge is -2.38. The summed E-state index contributed by atoms with van der Waals surface area (Å²) in [6.45, 7) is 5.41. The number of carbonyl (C=O) groups is 2. The normalized spacial score (nSPS) is 23.1. The molecule has 0 aliphatic carbocycles. The average Bonchev–Trinajstić information content (AvgIpc) is 2.43. The molecule has 1 N–H and O–H groups in total. The molecule has 116 valence electrons. The molecule has 0 aromatic carbocycles. The Kier molecular flexibility index (Phi) is 7.59. The molecule has 1 saturated heterocycles. The van der Waals surface area contributed by atoms with Crippen molar-refractivity contribution in [1.29, 1.82) is 0 Å². The van der Waals surface area contributed by atoms with Crippen molar-refractivity contribution in [3.05, 3.63) is 0 Å². The van der Waals surface area contributed by atoms with Gasteiger partial charge in [0.2, 0.25) is 11.8 Å². The number of hydrogen-bond donors (Lipinski definition) is 1.